The lowest BCUT2D eigenvalue weighted by Gasteiger charge is -2.07. The second-order valence-corrected chi connectivity index (χ2v) is 8.74. The first-order chi connectivity index (χ1) is 14.8. The van der Waals surface area contributed by atoms with Crippen molar-refractivity contribution in [2.45, 2.75) is 39.7 Å². The Balaban J connectivity index is 1.44. The Bertz CT molecular complexity index is 1090. The van der Waals surface area contributed by atoms with E-state index in [-0.39, 0.29) is 41.4 Å². The van der Waals surface area contributed by atoms with Crippen molar-refractivity contribution < 1.29 is 19.5 Å². The normalized spacial score (nSPS) is 11.1. The molecule has 0 saturated heterocycles. The van der Waals surface area contributed by atoms with Crippen molar-refractivity contribution in [1.29, 1.82) is 0 Å². The maximum absolute atomic E-state index is 12.2. The van der Waals surface area contributed by atoms with Crippen molar-refractivity contribution in [2.75, 3.05) is 11.9 Å². The highest BCUT2D eigenvalue weighted by atomic mass is 32.1. The number of aromatic nitrogens is 2. The highest BCUT2D eigenvalue weighted by molar-refractivity contribution is 7.16. The third kappa shape index (κ3) is 6.14. The summed E-state index contributed by atoms with van der Waals surface area (Å²) in [5.74, 6) is -1.41. The second kappa shape index (κ2) is 10.2. The van der Waals surface area contributed by atoms with E-state index in [1.807, 2.05) is 50.4 Å². The number of fused-ring (bicyclic) bond motifs is 1. The fraction of sp³-hybridized carbons (Fsp3) is 0.364. The average molecular weight is 443 g/mol. The van der Waals surface area contributed by atoms with Crippen LogP contribution in [0.25, 0.3) is 10.9 Å². The molecule has 3 rings (SSSR count). The number of hydrogen-bond donors (Lipinski definition) is 3. The Hall–Kier alpha value is -3.20. The zero-order valence-electron chi connectivity index (χ0n) is 17.6. The molecule has 31 heavy (non-hydrogen) atoms. The quantitative estimate of drug-likeness (QED) is 0.445. The van der Waals surface area contributed by atoms with Gasteiger partial charge in [0, 0.05) is 42.5 Å². The van der Waals surface area contributed by atoms with Crippen molar-refractivity contribution in [3.8, 4) is 0 Å². The second-order valence-electron chi connectivity index (χ2n) is 7.66. The number of nitrogens with zero attached hydrogens (tertiary/aromatic N) is 2. The lowest BCUT2D eigenvalue weighted by Crippen LogP contribution is -2.28. The van der Waals surface area contributed by atoms with Crippen LogP contribution in [0.5, 0.6) is 0 Å². The van der Waals surface area contributed by atoms with Crippen LogP contribution in [0, 0.1) is 5.92 Å². The summed E-state index contributed by atoms with van der Waals surface area (Å²) in [7, 11) is 0. The highest BCUT2D eigenvalue weighted by Crippen LogP contribution is 2.26. The number of aromatic carboxylic acids is 1. The van der Waals surface area contributed by atoms with E-state index in [2.05, 4.69) is 20.2 Å². The molecule has 1 aromatic carbocycles. The number of nitrogens with one attached hydrogen (secondary N) is 2. The SMILES string of the molecule is CC(C)Cc1sc(NC(=O)CCC(=O)NCCn2ccc3ccccc32)nc1C(=O)O. The van der Waals surface area contributed by atoms with E-state index < -0.39 is 5.97 Å². The molecule has 0 spiro atoms. The molecule has 2 amide bonds. The average Bonchev–Trinajstić information content (AvgIpc) is 3.30. The fourth-order valence-electron chi connectivity index (χ4n) is 3.23. The lowest BCUT2D eigenvalue weighted by atomic mass is 10.1. The van der Waals surface area contributed by atoms with Crippen LogP contribution in [0.3, 0.4) is 0 Å². The molecule has 8 nitrogen and oxygen atoms in total. The van der Waals surface area contributed by atoms with Crippen molar-refractivity contribution >= 4 is 45.2 Å². The predicted molar refractivity (Wildman–Crippen MR) is 120 cm³/mol. The van der Waals surface area contributed by atoms with Crippen molar-refractivity contribution in [3.63, 3.8) is 0 Å². The molecule has 0 bridgehead atoms. The summed E-state index contributed by atoms with van der Waals surface area (Å²) in [6, 6.07) is 10.1. The molecule has 2 aromatic heterocycles. The number of anilines is 1. The molecule has 0 radical (unpaired) electrons. The van der Waals surface area contributed by atoms with Crippen LogP contribution in [0.2, 0.25) is 0 Å². The van der Waals surface area contributed by atoms with Crippen LogP contribution in [-0.4, -0.2) is 39.0 Å². The number of rotatable bonds is 10. The molecule has 0 aliphatic carbocycles. The van der Waals surface area contributed by atoms with Gasteiger partial charge in [-0.2, -0.15) is 0 Å². The van der Waals surface area contributed by atoms with E-state index in [0.717, 1.165) is 22.2 Å². The molecular weight excluding hydrogens is 416 g/mol. The van der Waals surface area contributed by atoms with Gasteiger partial charge in [0.1, 0.15) is 0 Å². The Morgan fingerprint density at radius 3 is 2.61 bits per heavy atom. The molecule has 3 N–H and O–H groups in total. The van der Waals surface area contributed by atoms with Crippen LogP contribution in [0.4, 0.5) is 5.13 Å². The molecule has 164 valence electrons. The van der Waals surface area contributed by atoms with Crippen LogP contribution >= 0.6 is 11.3 Å². The number of carboxylic acid groups (broad SMARTS) is 1. The monoisotopic (exact) mass is 442 g/mol. The molecule has 0 atom stereocenters. The standard InChI is InChI=1S/C22H26N4O4S/c1-14(2)13-17-20(21(29)30)25-22(31-17)24-19(28)8-7-18(27)23-10-12-26-11-9-15-5-3-4-6-16(15)26/h3-6,9,11,14H,7-8,10,12-13H2,1-2H3,(H,23,27)(H,29,30)(H,24,25,28). The first kappa shape index (κ1) is 22.5. The number of thiazole rings is 1. The molecule has 0 unspecified atom stereocenters. The zero-order chi connectivity index (χ0) is 22.4. The number of hydrogen-bond acceptors (Lipinski definition) is 5. The summed E-state index contributed by atoms with van der Waals surface area (Å²) in [6.07, 6.45) is 2.61. The summed E-state index contributed by atoms with van der Waals surface area (Å²) in [4.78, 5) is 40.2. The Morgan fingerprint density at radius 2 is 1.87 bits per heavy atom. The number of para-hydroxylation sites is 1. The molecular formula is C22H26N4O4S. The maximum atomic E-state index is 12.2. The van der Waals surface area contributed by atoms with Crippen molar-refractivity contribution in [3.05, 3.63) is 47.1 Å². The van der Waals surface area contributed by atoms with E-state index in [4.69, 9.17) is 0 Å². The maximum Gasteiger partial charge on any atom is 0.355 e. The zero-order valence-corrected chi connectivity index (χ0v) is 18.4. The van der Waals surface area contributed by atoms with Crippen molar-refractivity contribution in [1.82, 2.24) is 14.9 Å². The predicted octanol–water partition coefficient (Wildman–Crippen LogP) is 3.53. The lowest BCUT2D eigenvalue weighted by molar-refractivity contribution is -0.124. The van der Waals surface area contributed by atoms with E-state index in [0.29, 0.717) is 24.4 Å². The van der Waals surface area contributed by atoms with E-state index >= 15 is 0 Å². The van der Waals surface area contributed by atoms with Gasteiger partial charge < -0.3 is 20.3 Å². The Kier molecular flexibility index (Phi) is 7.41. The van der Waals surface area contributed by atoms with Gasteiger partial charge in [0.05, 0.1) is 0 Å². The number of carboxylic acids is 1. The van der Waals surface area contributed by atoms with E-state index in [1.165, 1.54) is 0 Å². The summed E-state index contributed by atoms with van der Waals surface area (Å²) in [5, 5.41) is 16.1. The molecule has 0 aliphatic rings. The van der Waals surface area contributed by atoms with Gasteiger partial charge in [-0.3, -0.25) is 9.59 Å². The van der Waals surface area contributed by atoms with Gasteiger partial charge in [-0.1, -0.05) is 32.0 Å². The molecule has 9 heteroatoms. The van der Waals surface area contributed by atoms with Gasteiger partial charge in [0.2, 0.25) is 11.8 Å². The minimum absolute atomic E-state index is 0.000216. The third-order valence-electron chi connectivity index (χ3n) is 4.67. The number of amides is 2. The largest absolute Gasteiger partial charge is 0.476 e. The van der Waals surface area contributed by atoms with Gasteiger partial charge >= 0.3 is 5.97 Å². The summed E-state index contributed by atoms with van der Waals surface area (Å²) in [5.41, 5.74) is 1.08. The van der Waals surface area contributed by atoms with Crippen LogP contribution in [0.15, 0.2) is 36.5 Å². The Labute approximate surface area is 184 Å². The molecule has 0 aliphatic heterocycles. The molecule has 2 heterocycles. The van der Waals surface area contributed by atoms with Gasteiger partial charge in [0.15, 0.2) is 10.8 Å². The number of carbonyl (C=O) groups is 3. The summed E-state index contributed by atoms with van der Waals surface area (Å²) >= 11 is 1.16. The van der Waals surface area contributed by atoms with Gasteiger partial charge in [-0.15, -0.1) is 11.3 Å². The molecule has 0 fully saturated rings. The minimum Gasteiger partial charge on any atom is -0.476 e. The summed E-state index contributed by atoms with van der Waals surface area (Å²) in [6.45, 7) is 5.08. The first-order valence-corrected chi connectivity index (χ1v) is 11.0. The van der Waals surface area contributed by atoms with Gasteiger partial charge in [-0.25, -0.2) is 9.78 Å². The van der Waals surface area contributed by atoms with Crippen LogP contribution < -0.4 is 10.6 Å². The van der Waals surface area contributed by atoms with Crippen LogP contribution in [0.1, 0.15) is 42.1 Å². The molecule has 0 saturated carbocycles. The smallest absolute Gasteiger partial charge is 0.355 e. The van der Waals surface area contributed by atoms with E-state index in [1.54, 1.807) is 0 Å². The summed E-state index contributed by atoms with van der Waals surface area (Å²) < 4.78 is 2.07. The number of carbonyl (C=O) groups excluding carboxylic acids is 2. The first-order valence-electron chi connectivity index (χ1n) is 10.2. The minimum atomic E-state index is -1.11. The third-order valence-corrected chi connectivity index (χ3v) is 5.67. The number of benzene rings is 1. The fourth-order valence-corrected chi connectivity index (χ4v) is 4.41. The van der Waals surface area contributed by atoms with Crippen LogP contribution in [-0.2, 0) is 22.6 Å². The highest BCUT2D eigenvalue weighted by Gasteiger charge is 2.19. The van der Waals surface area contributed by atoms with Gasteiger partial charge in [-0.05, 0) is 29.9 Å². The van der Waals surface area contributed by atoms with Crippen molar-refractivity contribution in [2.24, 2.45) is 5.92 Å². The van der Waals surface area contributed by atoms with E-state index in [9.17, 15) is 19.5 Å². The Morgan fingerprint density at radius 1 is 1.13 bits per heavy atom. The molecule has 3 aromatic rings. The van der Waals surface area contributed by atoms with Gasteiger partial charge in [0.25, 0.3) is 0 Å². The topological polar surface area (TPSA) is 113 Å².